The van der Waals surface area contributed by atoms with Gasteiger partial charge in [-0.3, -0.25) is 9.69 Å². The summed E-state index contributed by atoms with van der Waals surface area (Å²) in [7, 11) is -3.03. The molecule has 0 saturated carbocycles. The van der Waals surface area contributed by atoms with Crippen molar-refractivity contribution in [2.45, 2.75) is 37.6 Å². The molecule has 2 aliphatic heterocycles. The van der Waals surface area contributed by atoms with Crippen LogP contribution in [0.15, 0.2) is 24.3 Å². The molecule has 0 unspecified atom stereocenters. The summed E-state index contributed by atoms with van der Waals surface area (Å²) in [6, 6.07) is 8.18. The fraction of sp³-hybridized carbons (Fsp3) is 0.579. The molecule has 1 amide bonds. The lowest BCUT2D eigenvalue weighted by atomic mass is 9.98. The van der Waals surface area contributed by atoms with Crippen molar-refractivity contribution in [3.63, 3.8) is 0 Å². The smallest absolute Gasteiger partial charge is 0.234 e. The predicted molar refractivity (Wildman–Crippen MR) is 108 cm³/mol. The van der Waals surface area contributed by atoms with E-state index >= 15 is 0 Å². The van der Waals surface area contributed by atoms with Crippen molar-refractivity contribution in [3.05, 3.63) is 29.3 Å². The number of nitrogens with one attached hydrogen (secondary N) is 1. The minimum atomic E-state index is -3.03. The highest BCUT2D eigenvalue weighted by Gasteiger charge is 2.39. The molecule has 6 nitrogen and oxygen atoms in total. The van der Waals surface area contributed by atoms with Crippen LogP contribution in [-0.4, -0.2) is 60.9 Å². The Morgan fingerprint density at radius 1 is 1.41 bits per heavy atom. The number of aromatic nitrogens is 1. The number of carbonyl (C=O) groups excluding carboxylic acids is 1. The summed E-state index contributed by atoms with van der Waals surface area (Å²) < 4.78 is 24.7. The standard InChI is InChI=1S/C19H25N3O3S2/c1-19(8-10-27(24,25)13-19)21-17(23)12-22-9-4-5-14(11-22)18-20-15-6-2-3-7-16(15)26-18/h2-3,6-7,14H,4-5,8-13H2,1H3,(H,21,23)/t14-,19-/m0/s1. The zero-order valence-electron chi connectivity index (χ0n) is 15.5. The number of piperidine rings is 1. The Balaban J connectivity index is 1.37. The lowest BCUT2D eigenvalue weighted by Gasteiger charge is -2.32. The van der Waals surface area contributed by atoms with E-state index in [4.69, 9.17) is 4.98 Å². The van der Waals surface area contributed by atoms with Crippen molar-refractivity contribution in [1.82, 2.24) is 15.2 Å². The summed E-state index contributed by atoms with van der Waals surface area (Å²) in [4.78, 5) is 19.5. The van der Waals surface area contributed by atoms with Crippen LogP contribution in [0.3, 0.4) is 0 Å². The van der Waals surface area contributed by atoms with E-state index in [1.54, 1.807) is 11.3 Å². The predicted octanol–water partition coefficient (Wildman–Crippen LogP) is 2.17. The molecule has 1 aromatic carbocycles. The highest BCUT2D eigenvalue weighted by Crippen LogP contribution is 2.33. The van der Waals surface area contributed by atoms with Gasteiger partial charge < -0.3 is 5.32 Å². The highest BCUT2D eigenvalue weighted by molar-refractivity contribution is 7.91. The van der Waals surface area contributed by atoms with Crippen LogP contribution in [-0.2, 0) is 14.6 Å². The molecule has 2 fully saturated rings. The Bertz CT molecular complexity index is 923. The van der Waals surface area contributed by atoms with E-state index in [0.717, 1.165) is 36.5 Å². The Kier molecular flexibility index (Phi) is 4.98. The van der Waals surface area contributed by atoms with E-state index in [-0.39, 0.29) is 17.4 Å². The van der Waals surface area contributed by atoms with Crippen LogP contribution in [0.5, 0.6) is 0 Å². The van der Waals surface area contributed by atoms with E-state index in [2.05, 4.69) is 16.3 Å². The van der Waals surface area contributed by atoms with Crippen LogP contribution in [0.2, 0.25) is 0 Å². The molecule has 1 N–H and O–H groups in total. The van der Waals surface area contributed by atoms with Gasteiger partial charge in [-0.1, -0.05) is 12.1 Å². The maximum Gasteiger partial charge on any atom is 0.234 e. The molecule has 0 bridgehead atoms. The van der Waals surface area contributed by atoms with Gasteiger partial charge in [0, 0.05) is 12.5 Å². The first kappa shape index (κ1) is 18.8. The van der Waals surface area contributed by atoms with E-state index in [0.29, 0.717) is 18.9 Å². The molecule has 2 aliphatic rings. The lowest BCUT2D eigenvalue weighted by molar-refractivity contribution is -0.124. The molecule has 1 aromatic heterocycles. The number of nitrogens with zero attached hydrogens (tertiary/aromatic N) is 2. The summed E-state index contributed by atoms with van der Waals surface area (Å²) in [5.74, 6) is 0.471. The molecular weight excluding hydrogens is 382 g/mol. The van der Waals surface area contributed by atoms with Gasteiger partial charge in [0.05, 0.1) is 38.8 Å². The van der Waals surface area contributed by atoms with E-state index in [1.807, 2.05) is 25.1 Å². The summed E-state index contributed by atoms with van der Waals surface area (Å²) in [6.45, 7) is 3.86. The molecule has 146 valence electrons. The third-order valence-corrected chi connectivity index (χ3v) is 8.58. The second-order valence-electron chi connectivity index (χ2n) is 8.04. The van der Waals surface area contributed by atoms with E-state index in [1.165, 1.54) is 4.70 Å². The molecule has 2 atom stereocenters. The Hall–Kier alpha value is -1.51. The van der Waals surface area contributed by atoms with E-state index < -0.39 is 15.4 Å². The number of fused-ring (bicyclic) bond motifs is 1. The average molecular weight is 408 g/mol. The molecule has 8 heteroatoms. The van der Waals surface area contributed by atoms with Gasteiger partial charge in [0.2, 0.25) is 5.91 Å². The molecule has 0 spiro atoms. The number of benzene rings is 1. The van der Waals surface area contributed by atoms with Crippen molar-refractivity contribution in [2.24, 2.45) is 0 Å². The second-order valence-corrected chi connectivity index (χ2v) is 11.3. The van der Waals surface area contributed by atoms with Crippen LogP contribution in [0, 0.1) is 0 Å². The van der Waals surface area contributed by atoms with Crippen molar-refractivity contribution in [1.29, 1.82) is 0 Å². The van der Waals surface area contributed by atoms with Crippen LogP contribution in [0.1, 0.15) is 37.1 Å². The van der Waals surface area contributed by atoms with Gasteiger partial charge in [-0.15, -0.1) is 11.3 Å². The Morgan fingerprint density at radius 2 is 2.22 bits per heavy atom. The fourth-order valence-corrected chi connectivity index (χ4v) is 7.34. The zero-order chi connectivity index (χ0) is 19.1. The van der Waals surface area contributed by atoms with Crippen LogP contribution >= 0.6 is 11.3 Å². The lowest BCUT2D eigenvalue weighted by Crippen LogP contribution is -2.51. The molecule has 0 aliphatic carbocycles. The molecule has 3 heterocycles. The van der Waals surface area contributed by atoms with Gasteiger partial charge in [-0.05, 0) is 44.9 Å². The van der Waals surface area contributed by atoms with Crippen molar-refractivity contribution in [2.75, 3.05) is 31.1 Å². The molecule has 4 rings (SSSR count). The molecule has 27 heavy (non-hydrogen) atoms. The fourth-order valence-electron chi connectivity index (χ4n) is 4.15. The van der Waals surface area contributed by atoms with Gasteiger partial charge in [0.1, 0.15) is 0 Å². The van der Waals surface area contributed by atoms with Crippen LogP contribution in [0.4, 0.5) is 0 Å². The van der Waals surface area contributed by atoms with Crippen molar-refractivity contribution in [3.8, 4) is 0 Å². The second kappa shape index (κ2) is 7.14. The molecule has 0 radical (unpaired) electrons. The number of hydrogen-bond donors (Lipinski definition) is 1. The first-order chi connectivity index (χ1) is 12.8. The topological polar surface area (TPSA) is 79.4 Å². The summed E-state index contributed by atoms with van der Waals surface area (Å²) in [5.41, 5.74) is 0.417. The number of para-hydroxylation sites is 1. The number of carbonyl (C=O) groups is 1. The minimum Gasteiger partial charge on any atom is -0.349 e. The summed E-state index contributed by atoms with van der Waals surface area (Å²) in [6.07, 6.45) is 2.63. The number of rotatable bonds is 4. The minimum absolute atomic E-state index is 0.0417. The quantitative estimate of drug-likeness (QED) is 0.840. The third kappa shape index (κ3) is 4.33. The van der Waals surface area contributed by atoms with Gasteiger partial charge in [0.25, 0.3) is 0 Å². The van der Waals surface area contributed by atoms with Crippen LogP contribution in [0.25, 0.3) is 10.2 Å². The number of amides is 1. The molecule has 2 aromatic rings. The summed E-state index contributed by atoms with van der Waals surface area (Å²) in [5, 5.41) is 4.11. The largest absolute Gasteiger partial charge is 0.349 e. The van der Waals surface area contributed by atoms with Crippen molar-refractivity contribution < 1.29 is 13.2 Å². The maximum absolute atomic E-state index is 12.5. The first-order valence-corrected chi connectivity index (χ1v) is 12.0. The highest BCUT2D eigenvalue weighted by atomic mass is 32.2. The Labute approximate surface area is 163 Å². The maximum atomic E-state index is 12.5. The molecule has 2 saturated heterocycles. The van der Waals surface area contributed by atoms with Gasteiger partial charge in [-0.25, -0.2) is 13.4 Å². The number of sulfone groups is 1. The zero-order valence-corrected chi connectivity index (χ0v) is 17.1. The number of hydrogen-bond acceptors (Lipinski definition) is 6. The number of thiazole rings is 1. The van der Waals surface area contributed by atoms with Gasteiger partial charge in [0.15, 0.2) is 9.84 Å². The number of likely N-dealkylation sites (tertiary alicyclic amines) is 1. The molecular formula is C19H25N3O3S2. The summed E-state index contributed by atoms with van der Waals surface area (Å²) >= 11 is 1.74. The van der Waals surface area contributed by atoms with Gasteiger partial charge in [-0.2, -0.15) is 0 Å². The Morgan fingerprint density at radius 3 is 2.96 bits per heavy atom. The van der Waals surface area contributed by atoms with Crippen molar-refractivity contribution >= 4 is 37.3 Å². The van der Waals surface area contributed by atoms with Gasteiger partial charge >= 0.3 is 0 Å². The average Bonchev–Trinajstić information content (AvgIpc) is 3.15. The van der Waals surface area contributed by atoms with Crippen LogP contribution < -0.4 is 5.32 Å². The first-order valence-electron chi connectivity index (χ1n) is 9.41. The SMILES string of the molecule is C[C@]1(NC(=O)CN2CCC[C@H](c3nc4ccccc4s3)C2)CCS(=O)(=O)C1. The van der Waals surface area contributed by atoms with E-state index in [9.17, 15) is 13.2 Å². The third-order valence-electron chi connectivity index (χ3n) is 5.48. The normalized spacial score (nSPS) is 28.4. The monoisotopic (exact) mass is 407 g/mol.